The summed E-state index contributed by atoms with van der Waals surface area (Å²) in [7, 11) is 4.36. The van der Waals surface area contributed by atoms with Crippen LogP contribution in [0.5, 0.6) is 34.8 Å². The third kappa shape index (κ3) is 37.4. The Balaban J connectivity index is 0.574. The van der Waals surface area contributed by atoms with Crippen molar-refractivity contribution in [1.29, 1.82) is 0 Å². The van der Waals surface area contributed by atoms with E-state index in [4.69, 9.17) is 75.8 Å². The first kappa shape index (κ1) is 119. The molecule has 0 saturated heterocycles. The molecule has 1 fully saturated rings. The zero-order valence-electron chi connectivity index (χ0n) is 88.1. The number of anilines is 4. The van der Waals surface area contributed by atoms with Crippen molar-refractivity contribution in [1.82, 2.24) is 41.0 Å². The normalized spacial score (nSPS) is 17.1. The maximum absolute atomic E-state index is 14.5. The second-order valence-electron chi connectivity index (χ2n) is 38.1. The number of carbonyl (C=O) groups is 10. The largest absolute Gasteiger partial charge is 0.494 e. The second kappa shape index (κ2) is 63.4. The zero-order chi connectivity index (χ0) is 107. The fraction of sp³-hybridized carbons (Fsp3) is 0.607. The number of aliphatic hydroxyl groups is 2. The van der Waals surface area contributed by atoms with Gasteiger partial charge in [0, 0.05) is 87.2 Å². The smallest absolute Gasteiger partial charge is 0.416 e. The number of methoxy groups -OCH3 is 3. The standard InChI is InChI=1S/C107H156N12O30/c1-70(2)95(109-35-22-38-137-45-47-140-49-51-142-53-55-144-57-58-145-56-54-143-52-50-141-48-46-139-42-36-108-92(120)33-37-115-94(122)63-81(101(115)127)78-23-18-15-13-12-14-16-19-24-78)99(125)110-74(7)97(123)112-79-29-25-76(26-30-79)68-148-106(132)118-84-64-90(88(135-10)61-82(84)102(128)116-66-72(5)59-86(116)104(118)130)146-39-20-17-21-40-147-91-65-85-83(62-89(91)136-11)103(129)117-67-73(6)60-87(117)105(131)119(85)107(133)149-69-77-27-31-80(32-28-77)113-98(124)75(8)111-100(126)96(71(3)4)114-93(121)34-41-138-44-43-134-9/h25-32,61-67,70-71,74-75,78,86-87,95-96,104-105,109,122,127,130-131H,12-24,33-60,68-69H2,1-11H3,(H,108,120)(H,110,125)(H,111,126)(H,112,123)(H,113,124)(H,114,121). The maximum Gasteiger partial charge on any atom is 0.416 e. The lowest BCUT2D eigenvalue weighted by atomic mass is 9.88. The average Bonchev–Trinajstić information content (AvgIpc) is 1.61. The first-order chi connectivity index (χ1) is 72.0. The van der Waals surface area contributed by atoms with Crippen molar-refractivity contribution in [3.05, 3.63) is 130 Å². The van der Waals surface area contributed by atoms with Crippen molar-refractivity contribution < 1.29 is 144 Å². The molecule has 1 aromatic heterocycles. The van der Waals surface area contributed by atoms with Crippen molar-refractivity contribution in [2.45, 2.75) is 239 Å². The number of fused-ring (bicyclic) bond motifs is 4. The molecule has 0 spiro atoms. The molecule has 5 aromatic rings. The van der Waals surface area contributed by atoms with Crippen LogP contribution in [0.3, 0.4) is 0 Å². The fourth-order valence-electron chi connectivity index (χ4n) is 17.7. The van der Waals surface area contributed by atoms with Crippen LogP contribution in [-0.4, -0.2) is 316 Å². The van der Waals surface area contributed by atoms with Crippen LogP contribution in [0.15, 0.2) is 102 Å². The van der Waals surface area contributed by atoms with Crippen molar-refractivity contribution >= 4 is 82.2 Å². The minimum atomic E-state index is -1.59. The lowest BCUT2D eigenvalue weighted by molar-refractivity contribution is -0.132. The molecule has 4 aromatic carbocycles. The highest BCUT2D eigenvalue weighted by atomic mass is 16.6. The number of hydrogen-bond acceptors (Lipinski definition) is 31. The van der Waals surface area contributed by atoms with Crippen LogP contribution in [0.1, 0.15) is 208 Å². The van der Waals surface area contributed by atoms with E-state index in [0.717, 1.165) is 52.2 Å². The minimum Gasteiger partial charge on any atom is -0.494 e. The topological polar surface area (TPSA) is 501 Å². The number of aliphatic hydroxyl groups excluding tert-OH is 2. The predicted octanol–water partition coefficient (Wildman–Crippen LogP) is 10.8. The van der Waals surface area contributed by atoms with E-state index >= 15 is 0 Å². The highest BCUT2D eigenvalue weighted by molar-refractivity contribution is 6.08. The molecule has 824 valence electrons. The van der Waals surface area contributed by atoms with Gasteiger partial charge in [-0.2, -0.15) is 0 Å². The lowest BCUT2D eigenvalue weighted by Gasteiger charge is -2.31. The third-order valence-corrected chi connectivity index (χ3v) is 25.9. The maximum atomic E-state index is 14.5. The van der Waals surface area contributed by atoms with Gasteiger partial charge in [0.1, 0.15) is 31.3 Å². The van der Waals surface area contributed by atoms with E-state index in [2.05, 4.69) is 37.2 Å². The molecule has 149 heavy (non-hydrogen) atoms. The molecule has 8 unspecified atom stereocenters. The number of ether oxygens (including phenoxy) is 16. The van der Waals surface area contributed by atoms with Crippen LogP contribution in [0.25, 0.3) is 0 Å². The second-order valence-corrected chi connectivity index (χ2v) is 38.1. The van der Waals surface area contributed by atoms with Crippen LogP contribution in [0.4, 0.5) is 32.3 Å². The first-order valence-corrected chi connectivity index (χ1v) is 52.0. The molecular weight excluding hydrogens is 1930 g/mol. The number of benzene rings is 4. The van der Waals surface area contributed by atoms with Gasteiger partial charge in [-0.15, -0.1) is 0 Å². The van der Waals surface area contributed by atoms with E-state index in [1.165, 1.54) is 99.0 Å². The van der Waals surface area contributed by atoms with E-state index < -0.39 is 90.4 Å². The summed E-state index contributed by atoms with van der Waals surface area (Å²) in [5.74, 6) is -2.96. The summed E-state index contributed by atoms with van der Waals surface area (Å²) in [4.78, 5) is 141. The summed E-state index contributed by atoms with van der Waals surface area (Å²) >= 11 is 0. The van der Waals surface area contributed by atoms with Crippen molar-refractivity contribution in [2.75, 3.05) is 194 Å². The van der Waals surface area contributed by atoms with Gasteiger partial charge in [-0.25, -0.2) is 19.4 Å². The van der Waals surface area contributed by atoms with E-state index in [-0.39, 0.29) is 158 Å². The number of aromatic hydroxyl groups is 2. The number of aromatic nitrogens is 1. The Morgan fingerprint density at radius 3 is 1.26 bits per heavy atom. The summed E-state index contributed by atoms with van der Waals surface area (Å²) in [6.45, 7) is 21.9. The number of amides is 10. The van der Waals surface area contributed by atoms with Gasteiger partial charge in [0.25, 0.3) is 11.8 Å². The summed E-state index contributed by atoms with van der Waals surface area (Å²) in [5.41, 5.74) is 4.24. The number of nitrogens with one attached hydrogen (secondary N) is 7. The zero-order valence-corrected chi connectivity index (χ0v) is 88.1. The molecule has 42 heteroatoms. The van der Waals surface area contributed by atoms with Gasteiger partial charge in [-0.3, -0.25) is 42.9 Å². The predicted molar refractivity (Wildman–Crippen MR) is 552 cm³/mol. The fourth-order valence-corrected chi connectivity index (χ4v) is 17.7. The Morgan fingerprint density at radius 1 is 0.423 bits per heavy atom. The average molecular weight is 2090 g/mol. The van der Waals surface area contributed by atoms with Crippen LogP contribution in [0, 0.1) is 11.8 Å². The highest BCUT2D eigenvalue weighted by Gasteiger charge is 2.48. The molecular formula is C107H156N12O30. The van der Waals surface area contributed by atoms with E-state index in [9.17, 15) is 68.4 Å². The molecule has 5 aliphatic rings. The van der Waals surface area contributed by atoms with Crippen LogP contribution in [-0.2, 0) is 105 Å². The van der Waals surface area contributed by atoms with Gasteiger partial charge in [0.15, 0.2) is 47.2 Å². The monoisotopic (exact) mass is 2090 g/mol. The van der Waals surface area contributed by atoms with Crippen LogP contribution >= 0.6 is 0 Å². The molecule has 5 heterocycles. The summed E-state index contributed by atoms with van der Waals surface area (Å²) < 4.78 is 92.5. The summed E-state index contributed by atoms with van der Waals surface area (Å²) in [6, 6.07) is 15.2. The first-order valence-electron chi connectivity index (χ1n) is 52.0. The molecule has 4 aliphatic heterocycles. The van der Waals surface area contributed by atoms with Gasteiger partial charge in [0.05, 0.1) is 187 Å². The summed E-state index contributed by atoms with van der Waals surface area (Å²) in [5, 5.41) is 65.7. The lowest BCUT2D eigenvalue weighted by Crippen LogP contribution is -2.53. The molecule has 0 radical (unpaired) electrons. The number of nitrogens with zero attached hydrogens (tertiary/aromatic N) is 5. The van der Waals surface area contributed by atoms with Gasteiger partial charge in [0.2, 0.25) is 35.4 Å². The Hall–Kier alpha value is -11.8. The van der Waals surface area contributed by atoms with Gasteiger partial charge >= 0.3 is 12.2 Å². The Labute approximate surface area is 872 Å². The Kier molecular flexibility index (Phi) is 50.7. The molecule has 11 N–H and O–H groups in total. The van der Waals surface area contributed by atoms with Crippen molar-refractivity contribution in [3.63, 3.8) is 0 Å². The van der Waals surface area contributed by atoms with E-state index in [1.807, 2.05) is 27.7 Å². The van der Waals surface area contributed by atoms with Gasteiger partial charge in [-0.05, 0) is 151 Å². The molecule has 8 atom stereocenters. The molecule has 1 aliphatic carbocycles. The van der Waals surface area contributed by atoms with Crippen molar-refractivity contribution in [2.24, 2.45) is 11.8 Å². The number of carbonyl (C=O) groups excluding carboxylic acids is 10. The van der Waals surface area contributed by atoms with Crippen molar-refractivity contribution in [3.8, 4) is 34.8 Å². The molecule has 10 rings (SSSR count). The van der Waals surface area contributed by atoms with Gasteiger partial charge < -0.3 is 143 Å². The SMILES string of the molecule is COCCOCCC(=O)NC(C(=O)NC(C)C(=O)Nc1ccc(COC(=O)N2c3cc(OCCCCCOc4cc5c(cc4OC)C(=O)N4C=C(C)CC4C(O)N5C(=O)OCc4ccc(NC(=O)C(C)NC(=O)C(NCCCOCCOCCOCCOCCOCCOCCOCCOCCNC(=O)CCn5c(O)cc(C6CCCCCCCCC6)c5O)C(C)C)cc4)c(OC)cc3C(=O)N3C=C(C)CC3C2O)cc1)C(C)C. The third-order valence-electron chi connectivity index (χ3n) is 25.9. The summed E-state index contributed by atoms with van der Waals surface area (Å²) in [6.07, 6.45) is 11.2. The van der Waals surface area contributed by atoms with Gasteiger partial charge in [-0.1, -0.05) is 108 Å². The van der Waals surface area contributed by atoms with E-state index in [0.29, 0.717) is 180 Å². The molecule has 1 saturated carbocycles. The van der Waals surface area contributed by atoms with Crippen LogP contribution in [0.2, 0.25) is 0 Å². The molecule has 0 bridgehead atoms. The quantitative estimate of drug-likeness (QED) is 0.0161. The highest BCUT2D eigenvalue weighted by Crippen LogP contribution is 2.46. The van der Waals surface area contributed by atoms with Crippen LogP contribution < -0.4 is 66.0 Å². The number of hydrogen-bond donors (Lipinski definition) is 11. The minimum absolute atomic E-state index is 0.00278. The molecule has 42 nitrogen and oxygen atoms in total. The Bertz CT molecular complexity index is 5130. The number of unbranched alkanes of at least 4 members (excludes halogenated alkanes) is 2. The molecule has 10 amide bonds. The Morgan fingerprint density at radius 2 is 0.832 bits per heavy atom. The van der Waals surface area contributed by atoms with E-state index in [1.54, 1.807) is 87.8 Å². The number of rotatable bonds is 64.